The van der Waals surface area contributed by atoms with Gasteiger partial charge in [0.1, 0.15) is 0 Å². The minimum absolute atomic E-state index is 0.0377. The number of rotatable bonds is 1. The molecule has 0 unspecified atom stereocenters. The summed E-state index contributed by atoms with van der Waals surface area (Å²) in [6, 6.07) is 9.87. The first-order valence-electron chi connectivity index (χ1n) is 6.28. The molecule has 0 saturated heterocycles. The zero-order valence-electron chi connectivity index (χ0n) is 11.2. The van der Waals surface area contributed by atoms with E-state index in [0.29, 0.717) is 5.02 Å². The highest BCUT2D eigenvalue weighted by molar-refractivity contribution is 6.31. The number of fused-ring (bicyclic) bond motifs is 3. The third kappa shape index (κ3) is 2.26. The Hall–Kier alpha value is -1.74. The van der Waals surface area contributed by atoms with Crippen LogP contribution in [0.25, 0.3) is 16.6 Å². The molecule has 0 saturated carbocycles. The lowest BCUT2D eigenvalue weighted by Crippen LogP contribution is -2.27. The maximum atomic E-state index is 6.06. The maximum Gasteiger partial charge on any atom is 0.151 e. The number of halogens is 1. The summed E-state index contributed by atoms with van der Waals surface area (Å²) >= 11 is 6.06. The van der Waals surface area contributed by atoms with Crippen molar-refractivity contribution in [3.63, 3.8) is 0 Å². The molecule has 19 heavy (non-hydrogen) atoms. The highest BCUT2D eigenvalue weighted by Gasteiger charge is 2.14. The summed E-state index contributed by atoms with van der Waals surface area (Å²) in [6.07, 6.45) is 2.04. The number of aromatic nitrogens is 2. The van der Waals surface area contributed by atoms with E-state index in [1.54, 1.807) is 0 Å². The van der Waals surface area contributed by atoms with E-state index >= 15 is 0 Å². The molecule has 0 fully saturated rings. The van der Waals surface area contributed by atoms with E-state index in [2.05, 4.69) is 36.6 Å². The van der Waals surface area contributed by atoms with Gasteiger partial charge in [-0.05, 0) is 51.1 Å². The Morgan fingerprint density at radius 3 is 2.68 bits per heavy atom. The number of nitrogens with one attached hydrogen (secondary N) is 1. The van der Waals surface area contributed by atoms with Gasteiger partial charge >= 0.3 is 0 Å². The molecule has 0 radical (unpaired) electrons. The van der Waals surface area contributed by atoms with E-state index in [-0.39, 0.29) is 5.54 Å². The van der Waals surface area contributed by atoms with Gasteiger partial charge in [0.2, 0.25) is 0 Å². The molecule has 2 heterocycles. The van der Waals surface area contributed by atoms with Crippen LogP contribution >= 0.6 is 11.6 Å². The molecular weight excluding hydrogens is 258 g/mol. The second kappa shape index (κ2) is 4.14. The molecule has 0 bridgehead atoms. The second-order valence-corrected chi connectivity index (χ2v) is 6.17. The van der Waals surface area contributed by atoms with Gasteiger partial charge in [0.05, 0.1) is 16.6 Å². The quantitative estimate of drug-likeness (QED) is 0.714. The zero-order chi connectivity index (χ0) is 13.6. The molecule has 3 rings (SSSR count). The molecule has 2 aromatic heterocycles. The van der Waals surface area contributed by atoms with Crippen molar-refractivity contribution in [2.45, 2.75) is 26.3 Å². The Morgan fingerprint density at radius 1 is 1.16 bits per heavy atom. The smallest absolute Gasteiger partial charge is 0.151 e. The third-order valence-electron chi connectivity index (χ3n) is 2.91. The molecule has 0 spiro atoms. The first-order chi connectivity index (χ1) is 8.94. The third-order valence-corrected chi connectivity index (χ3v) is 3.15. The lowest BCUT2D eigenvalue weighted by molar-refractivity contribution is 0.631. The molecule has 0 amide bonds. The van der Waals surface area contributed by atoms with Crippen LogP contribution in [0.4, 0.5) is 5.82 Å². The zero-order valence-corrected chi connectivity index (χ0v) is 12.0. The molecule has 0 aliphatic rings. The fraction of sp³-hybridized carbons (Fsp3) is 0.267. The highest BCUT2D eigenvalue weighted by atomic mass is 35.5. The fourth-order valence-corrected chi connectivity index (χ4v) is 2.37. The Labute approximate surface area is 117 Å². The molecule has 1 N–H and O–H groups in total. The minimum atomic E-state index is -0.0377. The Bertz CT molecular complexity index is 753. The first kappa shape index (κ1) is 12.3. The van der Waals surface area contributed by atoms with E-state index in [0.717, 1.165) is 22.4 Å². The van der Waals surface area contributed by atoms with Crippen LogP contribution in [-0.4, -0.2) is 14.9 Å². The van der Waals surface area contributed by atoms with Gasteiger partial charge in [-0.15, -0.1) is 0 Å². The predicted molar refractivity (Wildman–Crippen MR) is 81.1 cm³/mol. The van der Waals surface area contributed by atoms with E-state index in [1.165, 1.54) is 0 Å². The summed E-state index contributed by atoms with van der Waals surface area (Å²) in [5.74, 6) is 0.882. The van der Waals surface area contributed by atoms with Crippen LogP contribution in [0.5, 0.6) is 0 Å². The van der Waals surface area contributed by atoms with Crippen LogP contribution < -0.4 is 5.32 Å². The Balaban J connectivity index is 2.32. The van der Waals surface area contributed by atoms with Crippen molar-refractivity contribution in [1.82, 2.24) is 9.38 Å². The summed E-state index contributed by atoms with van der Waals surface area (Å²) < 4.78 is 2.13. The fourth-order valence-electron chi connectivity index (χ4n) is 2.20. The van der Waals surface area contributed by atoms with Crippen molar-refractivity contribution in [2.75, 3.05) is 5.32 Å². The molecule has 0 aliphatic carbocycles. The molecule has 4 heteroatoms. The van der Waals surface area contributed by atoms with Gasteiger partial charge < -0.3 is 9.72 Å². The van der Waals surface area contributed by atoms with Gasteiger partial charge in [0.15, 0.2) is 5.82 Å². The first-order valence-corrected chi connectivity index (χ1v) is 6.66. The van der Waals surface area contributed by atoms with Crippen LogP contribution in [0.15, 0.2) is 36.5 Å². The molecule has 3 nitrogen and oxygen atoms in total. The average molecular weight is 274 g/mol. The molecule has 98 valence electrons. The van der Waals surface area contributed by atoms with Crippen molar-refractivity contribution in [2.24, 2.45) is 0 Å². The molecule has 0 aliphatic heterocycles. The number of anilines is 1. The summed E-state index contributed by atoms with van der Waals surface area (Å²) in [5, 5.41) is 4.15. The summed E-state index contributed by atoms with van der Waals surface area (Å²) in [7, 11) is 0. The predicted octanol–water partition coefficient (Wildman–Crippen LogP) is 4.35. The minimum Gasteiger partial charge on any atom is -0.364 e. The second-order valence-electron chi connectivity index (χ2n) is 5.73. The normalized spacial score (nSPS) is 12.2. The van der Waals surface area contributed by atoms with E-state index < -0.39 is 0 Å². The van der Waals surface area contributed by atoms with Crippen LogP contribution in [0.2, 0.25) is 5.02 Å². The van der Waals surface area contributed by atoms with Crippen LogP contribution in [0.3, 0.4) is 0 Å². The van der Waals surface area contributed by atoms with E-state index in [9.17, 15) is 0 Å². The molecule has 1 aromatic carbocycles. The average Bonchev–Trinajstić information content (AvgIpc) is 2.75. The number of benzene rings is 1. The van der Waals surface area contributed by atoms with Gasteiger partial charge in [-0.2, -0.15) is 0 Å². The van der Waals surface area contributed by atoms with Crippen LogP contribution in [-0.2, 0) is 0 Å². The summed E-state index contributed by atoms with van der Waals surface area (Å²) in [6.45, 7) is 6.36. The van der Waals surface area contributed by atoms with Gasteiger partial charge in [-0.1, -0.05) is 11.6 Å². The Kier molecular flexibility index (Phi) is 2.68. The standard InChI is InChI=1S/C15H16ClN3/c1-15(2,3)18-14-13-5-4-8-19(13)12-7-6-10(16)9-11(12)17-14/h4-9H,1-3H3,(H,17,18). The van der Waals surface area contributed by atoms with Crippen molar-refractivity contribution in [3.05, 3.63) is 41.6 Å². The number of hydrogen-bond acceptors (Lipinski definition) is 2. The summed E-state index contributed by atoms with van der Waals surface area (Å²) in [4.78, 5) is 4.71. The lowest BCUT2D eigenvalue weighted by Gasteiger charge is -2.22. The van der Waals surface area contributed by atoms with Crippen molar-refractivity contribution in [1.29, 1.82) is 0 Å². The largest absolute Gasteiger partial charge is 0.364 e. The molecule has 0 atom stereocenters. The molecular formula is C15H16ClN3. The summed E-state index contributed by atoms with van der Waals surface area (Å²) in [5.41, 5.74) is 2.99. The SMILES string of the molecule is CC(C)(C)Nc1nc2cc(Cl)ccc2n2cccc12. The Morgan fingerprint density at radius 2 is 1.95 bits per heavy atom. The van der Waals surface area contributed by atoms with Crippen molar-refractivity contribution >= 4 is 34.0 Å². The van der Waals surface area contributed by atoms with Crippen molar-refractivity contribution in [3.8, 4) is 0 Å². The van der Waals surface area contributed by atoms with Gasteiger partial charge in [-0.3, -0.25) is 0 Å². The van der Waals surface area contributed by atoms with E-state index in [1.807, 2.05) is 30.5 Å². The molecule has 3 aromatic rings. The lowest BCUT2D eigenvalue weighted by atomic mass is 10.1. The van der Waals surface area contributed by atoms with Gasteiger partial charge in [0.25, 0.3) is 0 Å². The maximum absolute atomic E-state index is 6.06. The highest BCUT2D eigenvalue weighted by Crippen LogP contribution is 2.26. The monoisotopic (exact) mass is 273 g/mol. The number of hydrogen-bond donors (Lipinski definition) is 1. The topological polar surface area (TPSA) is 29.3 Å². The van der Waals surface area contributed by atoms with Crippen LogP contribution in [0, 0.1) is 0 Å². The number of nitrogens with zero attached hydrogens (tertiary/aromatic N) is 2. The van der Waals surface area contributed by atoms with Crippen molar-refractivity contribution < 1.29 is 0 Å². The van der Waals surface area contributed by atoms with Gasteiger partial charge in [0, 0.05) is 16.8 Å². The van der Waals surface area contributed by atoms with Gasteiger partial charge in [-0.25, -0.2) is 4.98 Å². The van der Waals surface area contributed by atoms with E-state index in [4.69, 9.17) is 16.6 Å². The van der Waals surface area contributed by atoms with Crippen LogP contribution in [0.1, 0.15) is 20.8 Å².